The van der Waals surface area contributed by atoms with E-state index in [4.69, 9.17) is 23.8 Å². The number of benzene rings is 4. The molecule has 0 unspecified atom stereocenters. The Morgan fingerprint density at radius 2 is 1.01 bits per heavy atom. The van der Waals surface area contributed by atoms with Crippen LogP contribution in [0.25, 0.3) is 46.1 Å². The number of aliphatic hydroxyl groups excluding tert-OH is 2. The van der Waals surface area contributed by atoms with Crippen LogP contribution in [-0.4, -0.2) is 138 Å². The second kappa shape index (κ2) is 30.8. The molecular weight excluding hydrogens is 1090 g/mol. The van der Waals surface area contributed by atoms with Crippen molar-refractivity contribution in [1.29, 1.82) is 0 Å². The SMILES string of the molecule is CC(C)(C)[Si](C)(C)OC1CCN(c2ccc3c(c2)c(/C=C/c2ccccc2)nn3COCC[Si](C)(C)C)CC1.CC(C)(C)[Si](C)(C)OC1CCNCC1.OC1CCN(c2ccc3[nH]nc(/C=C/c4ccccc4)c3c2)CC1.OC1CCNCC1. The Morgan fingerprint density at radius 3 is 1.51 bits per heavy atom. The second-order valence-electron chi connectivity index (χ2n) is 27.9. The number of rotatable bonds is 15. The van der Waals surface area contributed by atoms with E-state index in [1.807, 2.05) is 28.9 Å². The molecule has 4 aliphatic heterocycles. The van der Waals surface area contributed by atoms with E-state index in [1.54, 1.807) is 0 Å². The summed E-state index contributed by atoms with van der Waals surface area (Å²) in [5.41, 5.74) is 8.90. The zero-order valence-corrected chi connectivity index (χ0v) is 56.6. The highest BCUT2D eigenvalue weighted by atomic mass is 28.4. The van der Waals surface area contributed by atoms with Gasteiger partial charge in [0, 0.05) is 75.2 Å². The molecule has 6 heterocycles. The molecular formula is C68H106N8O5Si3. The number of nitrogens with zero attached hydrogens (tertiary/aromatic N) is 5. The monoisotopic (exact) mass is 1200 g/mol. The van der Waals surface area contributed by atoms with E-state index in [9.17, 15) is 5.11 Å². The summed E-state index contributed by atoms with van der Waals surface area (Å²) in [6, 6.07) is 35.0. The normalized spacial score (nSPS) is 17.8. The van der Waals surface area contributed by atoms with Crippen molar-refractivity contribution < 1.29 is 23.8 Å². The van der Waals surface area contributed by atoms with Crippen LogP contribution in [0.1, 0.15) is 115 Å². The number of ether oxygens (including phenoxy) is 1. The molecule has 2 aromatic heterocycles. The number of aliphatic hydroxyl groups is 2. The fraction of sp³-hybridized carbons (Fsp3) is 0.559. The van der Waals surface area contributed by atoms with Crippen molar-refractivity contribution in [3.8, 4) is 0 Å². The van der Waals surface area contributed by atoms with Crippen molar-refractivity contribution >= 4 is 82.2 Å². The van der Waals surface area contributed by atoms with Crippen molar-refractivity contribution in [2.24, 2.45) is 0 Å². The van der Waals surface area contributed by atoms with Crippen LogP contribution < -0.4 is 20.4 Å². The fourth-order valence-electron chi connectivity index (χ4n) is 10.2. The van der Waals surface area contributed by atoms with Gasteiger partial charge in [-0.15, -0.1) is 0 Å². The summed E-state index contributed by atoms with van der Waals surface area (Å²) in [7, 11) is -4.39. The molecule has 0 spiro atoms. The summed E-state index contributed by atoms with van der Waals surface area (Å²) in [5, 5.41) is 40.5. The van der Waals surface area contributed by atoms with E-state index in [0.717, 1.165) is 137 Å². The minimum Gasteiger partial charge on any atom is -0.414 e. The molecule has 0 bridgehead atoms. The van der Waals surface area contributed by atoms with Crippen LogP contribution in [0.5, 0.6) is 0 Å². The smallest absolute Gasteiger partial charge is 0.192 e. The van der Waals surface area contributed by atoms with Crippen LogP contribution in [0.4, 0.5) is 11.4 Å². The van der Waals surface area contributed by atoms with Gasteiger partial charge in [0.25, 0.3) is 0 Å². The fourth-order valence-corrected chi connectivity index (χ4v) is 13.8. The van der Waals surface area contributed by atoms with Gasteiger partial charge in [-0.2, -0.15) is 10.2 Å². The van der Waals surface area contributed by atoms with E-state index in [2.05, 4.69) is 215 Å². The van der Waals surface area contributed by atoms with Gasteiger partial charge in [0.1, 0.15) is 6.73 Å². The van der Waals surface area contributed by atoms with Crippen LogP contribution in [0.15, 0.2) is 97.1 Å². The number of H-pyrrole nitrogens is 1. The minimum atomic E-state index is -1.74. The van der Waals surface area contributed by atoms with Gasteiger partial charge in [-0.3, -0.25) is 5.10 Å². The van der Waals surface area contributed by atoms with Gasteiger partial charge in [-0.25, -0.2) is 4.68 Å². The van der Waals surface area contributed by atoms with Gasteiger partial charge in [-0.1, -0.05) is 134 Å². The first-order valence-corrected chi connectivity index (χ1v) is 41.0. The number of anilines is 2. The molecule has 10 rings (SSSR count). The Balaban J connectivity index is 0.000000188. The van der Waals surface area contributed by atoms with E-state index in [-0.39, 0.29) is 17.2 Å². The Bertz CT molecular complexity index is 2950. The number of hydrogen-bond acceptors (Lipinski definition) is 11. The van der Waals surface area contributed by atoms with Gasteiger partial charge in [0.05, 0.1) is 34.6 Å². The van der Waals surface area contributed by atoms with E-state index < -0.39 is 24.7 Å². The first-order chi connectivity index (χ1) is 39.8. The predicted octanol–water partition coefficient (Wildman–Crippen LogP) is 14.7. The maximum absolute atomic E-state index is 9.68. The zero-order valence-electron chi connectivity index (χ0n) is 53.6. The summed E-state index contributed by atoms with van der Waals surface area (Å²) in [4.78, 5) is 4.85. The summed E-state index contributed by atoms with van der Waals surface area (Å²) < 4.78 is 21.2. The van der Waals surface area contributed by atoms with Crippen LogP contribution >= 0.6 is 0 Å². The molecule has 84 heavy (non-hydrogen) atoms. The van der Waals surface area contributed by atoms with Crippen molar-refractivity contribution in [2.45, 2.75) is 186 Å². The molecule has 4 aliphatic rings. The van der Waals surface area contributed by atoms with Crippen LogP contribution in [0.3, 0.4) is 0 Å². The number of hydrogen-bond donors (Lipinski definition) is 5. The van der Waals surface area contributed by atoms with Gasteiger partial charge < -0.3 is 44.2 Å². The lowest BCUT2D eigenvalue weighted by atomic mass is 10.1. The first kappa shape index (κ1) is 66.8. The van der Waals surface area contributed by atoms with E-state index in [0.29, 0.717) is 24.0 Å². The Hall–Kier alpha value is -4.73. The maximum atomic E-state index is 9.68. The molecule has 4 saturated heterocycles. The summed E-state index contributed by atoms with van der Waals surface area (Å²) in [5.74, 6) is 0. The Kier molecular flexibility index (Phi) is 24.5. The van der Waals surface area contributed by atoms with Gasteiger partial charge in [-0.05, 0) is 180 Å². The molecule has 6 aromatic rings. The average Bonchev–Trinajstić information content (AvgIpc) is 3.03. The molecule has 0 amide bonds. The van der Waals surface area contributed by atoms with E-state index >= 15 is 0 Å². The second-order valence-corrected chi connectivity index (χ2v) is 43.0. The van der Waals surface area contributed by atoms with Crippen LogP contribution in [-0.2, 0) is 20.3 Å². The molecule has 0 saturated carbocycles. The van der Waals surface area contributed by atoms with Crippen molar-refractivity contribution in [3.05, 3.63) is 120 Å². The number of piperidine rings is 4. The topological polar surface area (TPSA) is 145 Å². The molecule has 0 aliphatic carbocycles. The highest BCUT2D eigenvalue weighted by Gasteiger charge is 2.41. The molecule has 460 valence electrons. The standard InChI is InChI=1S/C32H49N3O2Si2.C20H21N3O.C11H25NOSi.C5H11NO/c1-32(2,3)39(7,8)37-28-18-20-34(21-19-28)27-15-17-31-29(24-27)30(16-14-26-12-10-9-11-13-26)33-35(31)25-36-22-23-38(4,5)6;24-17-10-12-23(13-11-17)16-7-9-20-18(14-16)19(21-22-20)8-6-15-4-2-1-3-5-15;1-11(2,3)14(4,5)13-10-6-8-12-9-7-10;7-5-1-3-6-4-2-5/h9-17,24,28H,18-23,25H2,1-8H3;1-9,14,17,24H,10-13H2,(H,21,22);10,12H,6-9H2,1-5H3;5-7H,1-4H2/b16-14+;8-6+;;. The molecule has 4 fully saturated rings. The van der Waals surface area contributed by atoms with Crippen LogP contribution in [0, 0.1) is 0 Å². The summed E-state index contributed by atoms with van der Waals surface area (Å²) >= 11 is 0. The Morgan fingerprint density at radius 1 is 0.548 bits per heavy atom. The van der Waals surface area contributed by atoms with Crippen LogP contribution in [0.2, 0.25) is 61.9 Å². The molecule has 16 heteroatoms. The van der Waals surface area contributed by atoms with E-state index in [1.165, 1.54) is 35.2 Å². The summed E-state index contributed by atoms with van der Waals surface area (Å²) in [6.07, 6.45) is 17.2. The van der Waals surface area contributed by atoms with Crippen molar-refractivity contribution in [3.63, 3.8) is 0 Å². The van der Waals surface area contributed by atoms with Crippen molar-refractivity contribution in [1.82, 2.24) is 30.6 Å². The highest BCUT2D eigenvalue weighted by Crippen LogP contribution is 2.40. The van der Waals surface area contributed by atoms with Gasteiger partial charge in [0.2, 0.25) is 0 Å². The average molecular weight is 1200 g/mol. The molecule has 4 aromatic carbocycles. The quantitative estimate of drug-likeness (QED) is 0.0495. The number of aromatic amines is 1. The number of fused-ring (bicyclic) bond motifs is 2. The number of nitrogens with one attached hydrogen (secondary N) is 3. The lowest BCUT2D eigenvalue weighted by Crippen LogP contribution is -2.47. The zero-order chi connectivity index (χ0) is 60.5. The third-order valence-corrected chi connectivity index (χ3v) is 28.6. The maximum Gasteiger partial charge on any atom is 0.192 e. The summed E-state index contributed by atoms with van der Waals surface area (Å²) in [6.45, 7) is 39.8. The molecule has 0 atom stereocenters. The van der Waals surface area contributed by atoms with Gasteiger partial charge >= 0.3 is 0 Å². The highest BCUT2D eigenvalue weighted by molar-refractivity contribution is 6.76. The lowest BCUT2D eigenvalue weighted by Gasteiger charge is -2.42. The first-order valence-electron chi connectivity index (χ1n) is 31.5. The molecule has 0 radical (unpaired) electrons. The van der Waals surface area contributed by atoms with Gasteiger partial charge in [0.15, 0.2) is 16.6 Å². The number of aromatic nitrogens is 4. The van der Waals surface area contributed by atoms with Crippen molar-refractivity contribution in [2.75, 3.05) is 68.8 Å². The predicted molar refractivity (Wildman–Crippen MR) is 364 cm³/mol. The Labute approximate surface area is 508 Å². The minimum absolute atomic E-state index is 0.0266. The largest absolute Gasteiger partial charge is 0.414 e. The lowest BCUT2D eigenvalue weighted by molar-refractivity contribution is 0.0816. The third-order valence-electron chi connectivity index (χ3n) is 17.8. The third kappa shape index (κ3) is 20.4. The molecule has 5 N–H and O–H groups in total. The molecule has 13 nitrogen and oxygen atoms in total.